The van der Waals surface area contributed by atoms with Crippen LogP contribution in [0, 0.1) is 0 Å². The van der Waals surface area contributed by atoms with Gasteiger partial charge in [-0.05, 0) is 189 Å². The average molecular weight is 1060 g/mol. The van der Waals surface area contributed by atoms with E-state index in [9.17, 15) is 0 Å². The van der Waals surface area contributed by atoms with Crippen LogP contribution in [-0.4, -0.2) is 0 Å². The first-order valence-electron chi connectivity index (χ1n) is 29.2. The number of hydrogen-bond acceptors (Lipinski definition) is 0. The molecule has 0 atom stereocenters. The molecular weight excluding hydrogens is 1010 g/mol. The molecule has 0 saturated heterocycles. The van der Waals surface area contributed by atoms with Crippen molar-refractivity contribution < 1.29 is 0 Å². The third-order valence-corrected chi connectivity index (χ3v) is 18.0. The van der Waals surface area contributed by atoms with Gasteiger partial charge in [0.2, 0.25) is 0 Å². The van der Waals surface area contributed by atoms with E-state index in [0.29, 0.717) is 0 Å². The lowest BCUT2D eigenvalue weighted by Gasteiger charge is -2.23. The summed E-state index contributed by atoms with van der Waals surface area (Å²) in [5, 5.41) is 7.59. The highest BCUT2D eigenvalue weighted by atomic mass is 14.4. The summed E-state index contributed by atoms with van der Waals surface area (Å²) in [5.41, 5.74) is 32.2. The molecule has 388 valence electrons. The van der Waals surface area contributed by atoms with Gasteiger partial charge < -0.3 is 0 Å². The quantitative estimate of drug-likeness (QED) is 0.135. The second kappa shape index (κ2) is 19.4. The van der Waals surface area contributed by atoms with Crippen LogP contribution >= 0.6 is 0 Å². The fourth-order valence-corrected chi connectivity index (χ4v) is 14.3. The van der Waals surface area contributed by atoms with Crippen molar-refractivity contribution in [1.29, 1.82) is 0 Å². The van der Waals surface area contributed by atoms with Crippen LogP contribution < -0.4 is 0 Å². The maximum atomic E-state index is 2.51. The van der Waals surface area contributed by atoms with Gasteiger partial charge >= 0.3 is 0 Å². The normalized spacial score (nSPS) is 11.8. The second-order valence-electron chi connectivity index (χ2n) is 22.5. The first-order chi connectivity index (χ1) is 41.7. The number of rotatable bonds is 9. The largest absolute Gasteiger partial charge is 0.0622 e. The molecule has 0 bridgehead atoms. The Balaban J connectivity index is 0.917. The van der Waals surface area contributed by atoms with Crippen molar-refractivity contribution in [2.24, 2.45) is 0 Å². The molecule has 0 fully saturated rings. The summed E-state index contributed by atoms with van der Waals surface area (Å²) in [4.78, 5) is 0. The Bertz CT molecular complexity index is 5080. The smallest absolute Gasteiger partial charge is 0.000740 e. The SMILES string of the molecule is c1ccc(-c2ccc(-c3ccc(-c4ccccc4)c4c3-c3ccc(-c5ccc6c7c(cccc57)-c5c-6c(-c6ccc(-c7ccccc7)cc6)c6cc(-c7ccccc7)c(-c7ccccc7)cc6c5-c5ccccc5)c5cccc-4c35)cc2)cc1. The van der Waals surface area contributed by atoms with Gasteiger partial charge in [0, 0.05) is 0 Å². The molecule has 84 heavy (non-hydrogen) atoms. The van der Waals surface area contributed by atoms with Gasteiger partial charge in [-0.2, -0.15) is 0 Å². The summed E-state index contributed by atoms with van der Waals surface area (Å²) >= 11 is 0. The predicted molar refractivity (Wildman–Crippen MR) is 357 cm³/mol. The minimum Gasteiger partial charge on any atom is -0.0622 e. The lowest BCUT2D eigenvalue weighted by molar-refractivity contribution is 1.58. The zero-order valence-electron chi connectivity index (χ0n) is 46.0. The Kier molecular flexibility index (Phi) is 11.0. The highest BCUT2D eigenvalue weighted by molar-refractivity contribution is 6.31. The zero-order valence-corrected chi connectivity index (χ0v) is 46.0. The zero-order chi connectivity index (χ0) is 55.2. The van der Waals surface area contributed by atoms with Crippen LogP contribution in [-0.2, 0) is 0 Å². The maximum Gasteiger partial charge on any atom is -0.000740 e. The van der Waals surface area contributed by atoms with Crippen molar-refractivity contribution in [3.05, 3.63) is 315 Å². The number of fused-ring (bicyclic) bond motifs is 7. The van der Waals surface area contributed by atoms with E-state index >= 15 is 0 Å². The Labute approximate surface area is 489 Å². The van der Waals surface area contributed by atoms with Gasteiger partial charge in [0.05, 0.1) is 0 Å². The minimum atomic E-state index is 1.19. The highest BCUT2D eigenvalue weighted by Crippen LogP contribution is 2.61. The van der Waals surface area contributed by atoms with Crippen LogP contribution in [0.4, 0.5) is 0 Å². The summed E-state index contributed by atoms with van der Waals surface area (Å²) in [6, 6.07) is 117. The average Bonchev–Trinajstić information content (AvgIpc) is 1.98. The first kappa shape index (κ1) is 47.8. The van der Waals surface area contributed by atoms with Gasteiger partial charge in [-0.15, -0.1) is 0 Å². The van der Waals surface area contributed by atoms with Crippen LogP contribution in [0.1, 0.15) is 0 Å². The van der Waals surface area contributed by atoms with E-state index in [4.69, 9.17) is 0 Å². The number of benzene rings is 15. The van der Waals surface area contributed by atoms with Gasteiger partial charge in [0.15, 0.2) is 0 Å². The van der Waals surface area contributed by atoms with Crippen LogP contribution in [0.2, 0.25) is 0 Å². The first-order valence-corrected chi connectivity index (χ1v) is 29.2. The molecule has 15 aromatic rings. The molecule has 0 aliphatic heterocycles. The molecule has 2 aliphatic carbocycles. The van der Waals surface area contributed by atoms with Crippen LogP contribution in [0.25, 0.3) is 177 Å². The van der Waals surface area contributed by atoms with E-state index in [1.165, 1.54) is 177 Å². The van der Waals surface area contributed by atoms with Gasteiger partial charge in [-0.25, -0.2) is 0 Å². The molecule has 0 heteroatoms. The molecule has 0 nitrogen and oxygen atoms in total. The molecule has 0 amide bonds. The summed E-state index contributed by atoms with van der Waals surface area (Å²) in [5.74, 6) is 0. The molecule has 17 rings (SSSR count). The molecule has 0 heterocycles. The van der Waals surface area contributed by atoms with Crippen molar-refractivity contribution in [1.82, 2.24) is 0 Å². The monoisotopic (exact) mass is 1060 g/mol. The second-order valence-corrected chi connectivity index (χ2v) is 22.5. The van der Waals surface area contributed by atoms with E-state index < -0.39 is 0 Å². The highest BCUT2D eigenvalue weighted by Gasteiger charge is 2.34. The van der Waals surface area contributed by atoms with Crippen LogP contribution in [0.15, 0.2) is 315 Å². The number of hydrogen-bond donors (Lipinski definition) is 0. The van der Waals surface area contributed by atoms with Crippen molar-refractivity contribution in [2.45, 2.75) is 0 Å². The molecule has 0 radical (unpaired) electrons. The topological polar surface area (TPSA) is 0 Å². The lowest BCUT2D eigenvalue weighted by Crippen LogP contribution is -1.96. The van der Waals surface area contributed by atoms with Gasteiger partial charge in [-0.3, -0.25) is 0 Å². The molecule has 0 N–H and O–H groups in total. The fraction of sp³-hybridized carbons (Fsp3) is 0. The Hall–Kier alpha value is -10.9. The van der Waals surface area contributed by atoms with Gasteiger partial charge in [-0.1, -0.05) is 303 Å². The molecule has 0 spiro atoms. The third kappa shape index (κ3) is 7.48. The molecule has 2 aliphatic rings. The Morgan fingerprint density at radius 3 is 0.798 bits per heavy atom. The maximum absolute atomic E-state index is 2.51. The van der Waals surface area contributed by atoms with Crippen molar-refractivity contribution in [3.63, 3.8) is 0 Å². The fourth-order valence-electron chi connectivity index (χ4n) is 14.3. The van der Waals surface area contributed by atoms with Gasteiger partial charge in [0.25, 0.3) is 0 Å². The summed E-state index contributed by atoms with van der Waals surface area (Å²) in [6.45, 7) is 0. The van der Waals surface area contributed by atoms with E-state index in [1.807, 2.05) is 0 Å². The standard InChI is InChI=1S/C84H52/c1-7-21-53(22-8-1)55-37-41-60(42-38-55)64-46-45-63(57-25-11-3-12-26-57)81-69-35-19-33-67-65(47-49-71(79(67)69)82(64)81)66-48-50-72-80-68(66)34-20-36-70(80)83-77(61-31-17-6-18-32-61)75-51-73(58-27-13-4-14-28-58)74(59-29-15-5-16-30-59)52-76(75)78(84(72)83)62-43-39-56(40-44-62)54-23-9-2-10-24-54/h1-52H. The van der Waals surface area contributed by atoms with E-state index in [-0.39, 0.29) is 0 Å². The molecule has 0 saturated carbocycles. The van der Waals surface area contributed by atoms with Crippen molar-refractivity contribution >= 4 is 32.3 Å². The van der Waals surface area contributed by atoms with Crippen LogP contribution in [0.5, 0.6) is 0 Å². The molecule has 15 aromatic carbocycles. The van der Waals surface area contributed by atoms with Crippen molar-refractivity contribution in [3.8, 4) is 145 Å². The lowest BCUT2D eigenvalue weighted by atomic mass is 9.80. The third-order valence-electron chi connectivity index (χ3n) is 18.0. The van der Waals surface area contributed by atoms with E-state index in [1.54, 1.807) is 0 Å². The van der Waals surface area contributed by atoms with E-state index in [2.05, 4.69) is 315 Å². The Morgan fingerprint density at radius 1 is 0.119 bits per heavy atom. The Morgan fingerprint density at radius 2 is 0.381 bits per heavy atom. The summed E-state index contributed by atoms with van der Waals surface area (Å²) in [7, 11) is 0. The van der Waals surface area contributed by atoms with Gasteiger partial charge in [0.1, 0.15) is 0 Å². The van der Waals surface area contributed by atoms with E-state index in [0.717, 1.165) is 0 Å². The summed E-state index contributed by atoms with van der Waals surface area (Å²) in [6.07, 6.45) is 0. The molecule has 0 unspecified atom stereocenters. The molecular formula is C84H52. The minimum absolute atomic E-state index is 1.19. The summed E-state index contributed by atoms with van der Waals surface area (Å²) < 4.78 is 0. The molecule has 0 aromatic heterocycles. The van der Waals surface area contributed by atoms with Crippen molar-refractivity contribution in [2.75, 3.05) is 0 Å². The predicted octanol–water partition coefficient (Wildman–Crippen LogP) is 23.4. The van der Waals surface area contributed by atoms with Crippen LogP contribution in [0.3, 0.4) is 0 Å².